The Balaban J connectivity index is 2.02. The van der Waals surface area contributed by atoms with Gasteiger partial charge in [-0.3, -0.25) is 9.69 Å². The summed E-state index contributed by atoms with van der Waals surface area (Å²) in [4.78, 5) is 15.9. The van der Waals surface area contributed by atoms with Crippen LogP contribution in [0.5, 0.6) is 0 Å². The van der Waals surface area contributed by atoms with Crippen molar-refractivity contribution in [1.82, 2.24) is 9.80 Å². The van der Waals surface area contributed by atoms with Gasteiger partial charge in [0.2, 0.25) is 5.91 Å². The van der Waals surface area contributed by atoms with E-state index in [9.17, 15) is 4.79 Å². The maximum absolute atomic E-state index is 11.7. The minimum Gasteiger partial charge on any atom is -0.344 e. The second kappa shape index (κ2) is 2.71. The minimum absolute atomic E-state index is 0.0129. The fourth-order valence-electron chi connectivity index (χ4n) is 2.56. The van der Waals surface area contributed by atoms with E-state index in [4.69, 9.17) is 0 Å². The summed E-state index contributed by atoms with van der Waals surface area (Å²) in [6.45, 7) is 7.44. The SMILES string of the molecule is CC(C)N1CCC2(CN(C)C2=O)C1. The molecule has 2 rings (SSSR count). The predicted octanol–water partition coefficient (Wildman–Crippen LogP) is 0.559. The average molecular weight is 182 g/mol. The lowest BCUT2D eigenvalue weighted by molar-refractivity contribution is -0.156. The molecule has 0 bridgehead atoms. The molecule has 2 fully saturated rings. The zero-order valence-corrected chi connectivity index (χ0v) is 8.71. The standard InChI is InChI=1S/C10H18N2O/c1-8(2)12-5-4-10(7-12)6-11(3)9(10)13/h8H,4-7H2,1-3H3. The summed E-state index contributed by atoms with van der Waals surface area (Å²) in [6.07, 6.45) is 1.06. The van der Waals surface area contributed by atoms with Crippen LogP contribution in [-0.4, -0.2) is 48.4 Å². The van der Waals surface area contributed by atoms with Gasteiger partial charge in [-0.2, -0.15) is 0 Å². The number of β-lactam (4-membered cyclic amide) rings is 1. The van der Waals surface area contributed by atoms with Crippen LogP contribution >= 0.6 is 0 Å². The molecule has 2 aliphatic heterocycles. The first-order valence-corrected chi connectivity index (χ1v) is 5.05. The van der Waals surface area contributed by atoms with Crippen molar-refractivity contribution in [2.45, 2.75) is 26.3 Å². The molecule has 1 amide bonds. The van der Waals surface area contributed by atoms with E-state index < -0.39 is 0 Å². The monoisotopic (exact) mass is 182 g/mol. The number of hydrogen-bond donors (Lipinski definition) is 0. The first kappa shape index (κ1) is 9.00. The van der Waals surface area contributed by atoms with Crippen molar-refractivity contribution in [3.63, 3.8) is 0 Å². The van der Waals surface area contributed by atoms with Crippen molar-refractivity contribution in [3.8, 4) is 0 Å². The van der Waals surface area contributed by atoms with Gasteiger partial charge in [0, 0.05) is 26.2 Å². The molecule has 0 radical (unpaired) electrons. The molecule has 0 aromatic carbocycles. The molecule has 2 aliphatic rings. The fraction of sp³-hybridized carbons (Fsp3) is 0.900. The van der Waals surface area contributed by atoms with Gasteiger partial charge in [-0.05, 0) is 26.8 Å². The number of nitrogens with zero attached hydrogens (tertiary/aromatic N) is 2. The van der Waals surface area contributed by atoms with Gasteiger partial charge >= 0.3 is 0 Å². The van der Waals surface area contributed by atoms with Crippen LogP contribution in [-0.2, 0) is 4.79 Å². The summed E-state index contributed by atoms with van der Waals surface area (Å²) in [5.41, 5.74) is 0.0129. The van der Waals surface area contributed by atoms with E-state index in [0.717, 1.165) is 26.1 Å². The topological polar surface area (TPSA) is 23.6 Å². The van der Waals surface area contributed by atoms with Crippen LogP contribution in [0.4, 0.5) is 0 Å². The van der Waals surface area contributed by atoms with Gasteiger partial charge in [0.05, 0.1) is 5.41 Å². The van der Waals surface area contributed by atoms with E-state index in [1.807, 2.05) is 11.9 Å². The van der Waals surface area contributed by atoms with Crippen molar-refractivity contribution in [1.29, 1.82) is 0 Å². The molecule has 0 aliphatic carbocycles. The highest BCUT2D eigenvalue weighted by Crippen LogP contribution is 2.40. The maximum atomic E-state index is 11.7. The summed E-state index contributed by atoms with van der Waals surface area (Å²) in [6, 6.07) is 0.582. The predicted molar refractivity (Wildman–Crippen MR) is 51.4 cm³/mol. The van der Waals surface area contributed by atoms with Crippen molar-refractivity contribution < 1.29 is 4.79 Å². The molecule has 74 valence electrons. The molecule has 0 aromatic heterocycles. The quantitative estimate of drug-likeness (QED) is 0.553. The zero-order valence-electron chi connectivity index (χ0n) is 8.71. The van der Waals surface area contributed by atoms with E-state index in [-0.39, 0.29) is 5.41 Å². The third-order valence-electron chi connectivity index (χ3n) is 3.45. The molecule has 0 aromatic rings. The minimum atomic E-state index is 0.0129. The van der Waals surface area contributed by atoms with Crippen molar-refractivity contribution >= 4 is 5.91 Å². The summed E-state index contributed by atoms with van der Waals surface area (Å²) in [5.74, 6) is 0.357. The van der Waals surface area contributed by atoms with Crippen molar-refractivity contribution in [2.24, 2.45) is 5.41 Å². The molecule has 1 atom stereocenters. The highest BCUT2D eigenvalue weighted by atomic mass is 16.2. The molecular weight excluding hydrogens is 164 g/mol. The molecular formula is C10H18N2O. The van der Waals surface area contributed by atoms with E-state index in [1.54, 1.807) is 0 Å². The van der Waals surface area contributed by atoms with Crippen LogP contribution in [0.25, 0.3) is 0 Å². The van der Waals surface area contributed by atoms with Gasteiger partial charge in [0.25, 0.3) is 0 Å². The van der Waals surface area contributed by atoms with Crippen molar-refractivity contribution in [3.05, 3.63) is 0 Å². The molecule has 3 nitrogen and oxygen atoms in total. The smallest absolute Gasteiger partial charge is 0.231 e. The van der Waals surface area contributed by atoms with Crippen LogP contribution in [0, 0.1) is 5.41 Å². The Kier molecular flexibility index (Phi) is 1.88. The Morgan fingerprint density at radius 2 is 2.08 bits per heavy atom. The highest BCUT2D eigenvalue weighted by molar-refractivity contribution is 5.89. The van der Waals surface area contributed by atoms with Gasteiger partial charge in [-0.25, -0.2) is 0 Å². The largest absolute Gasteiger partial charge is 0.344 e. The molecule has 0 N–H and O–H groups in total. The fourth-order valence-corrected chi connectivity index (χ4v) is 2.56. The van der Waals surface area contributed by atoms with Gasteiger partial charge in [-0.15, -0.1) is 0 Å². The number of carbonyl (C=O) groups excluding carboxylic acids is 1. The summed E-state index contributed by atoms with van der Waals surface area (Å²) in [5, 5.41) is 0. The molecule has 2 saturated heterocycles. The molecule has 1 spiro atoms. The average Bonchev–Trinajstić information content (AvgIpc) is 2.51. The summed E-state index contributed by atoms with van der Waals surface area (Å²) >= 11 is 0. The van der Waals surface area contributed by atoms with Gasteiger partial charge in [-0.1, -0.05) is 0 Å². The third kappa shape index (κ3) is 1.17. The highest BCUT2D eigenvalue weighted by Gasteiger charge is 2.54. The Bertz CT molecular complexity index is 239. The lowest BCUT2D eigenvalue weighted by Crippen LogP contribution is -2.60. The van der Waals surface area contributed by atoms with Gasteiger partial charge < -0.3 is 4.90 Å². The number of amides is 1. The first-order valence-electron chi connectivity index (χ1n) is 5.05. The third-order valence-corrected chi connectivity index (χ3v) is 3.45. The van der Waals surface area contributed by atoms with Gasteiger partial charge in [0.15, 0.2) is 0 Å². The summed E-state index contributed by atoms with van der Waals surface area (Å²) < 4.78 is 0. The van der Waals surface area contributed by atoms with E-state index in [0.29, 0.717) is 11.9 Å². The van der Waals surface area contributed by atoms with Crippen LogP contribution in [0.15, 0.2) is 0 Å². The van der Waals surface area contributed by atoms with E-state index in [1.165, 1.54) is 0 Å². The number of hydrogen-bond acceptors (Lipinski definition) is 2. The van der Waals surface area contributed by atoms with Crippen LogP contribution in [0.3, 0.4) is 0 Å². The van der Waals surface area contributed by atoms with Crippen LogP contribution < -0.4 is 0 Å². The molecule has 1 unspecified atom stereocenters. The normalized spacial score (nSPS) is 34.8. The lowest BCUT2D eigenvalue weighted by Gasteiger charge is -2.44. The Labute approximate surface area is 79.7 Å². The maximum Gasteiger partial charge on any atom is 0.231 e. The lowest BCUT2D eigenvalue weighted by atomic mass is 9.78. The zero-order chi connectivity index (χ0) is 9.64. The Morgan fingerprint density at radius 1 is 1.38 bits per heavy atom. The molecule has 3 heteroatoms. The van der Waals surface area contributed by atoms with Crippen LogP contribution in [0.1, 0.15) is 20.3 Å². The van der Waals surface area contributed by atoms with E-state index in [2.05, 4.69) is 18.7 Å². The number of rotatable bonds is 1. The second-order valence-corrected chi connectivity index (χ2v) is 4.76. The number of likely N-dealkylation sites (tertiary alicyclic amines) is 2. The van der Waals surface area contributed by atoms with E-state index >= 15 is 0 Å². The molecule has 13 heavy (non-hydrogen) atoms. The van der Waals surface area contributed by atoms with Crippen molar-refractivity contribution in [2.75, 3.05) is 26.7 Å². The molecule has 0 saturated carbocycles. The summed E-state index contributed by atoms with van der Waals surface area (Å²) in [7, 11) is 1.89. The van der Waals surface area contributed by atoms with Gasteiger partial charge in [0.1, 0.15) is 0 Å². The Hall–Kier alpha value is -0.570. The second-order valence-electron chi connectivity index (χ2n) is 4.76. The molecule has 2 heterocycles. The van der Waals surface area contributed by atoms with Crippen LogP contribution in [0.2, 0.25) is 0 Å². The first-order chi connectivity index (χ1) is 6.05. The number of carbonyl (C=O) groups is 1. The Morgan fingerprint density at radius 3 is 2.46 bits per heavy atom.